The van der Waals surface area contributed by atoms with E-state index < -0.39 is 10.8 Å². The lowest BCUT2D eigenvalue weighted by atomic mass is 10.2. The maximum absolute atomic E-state index is 11.7. The van der Waals surface area contributed by atoms with Crippen LogP contribution in [-0.4, -0.2) is 20.8 Å². The highest BCUT2D eigenvalue weighted by atomic mass is 35.5. The van der Waals surface area contributed by atoms with Crippen molar-refractivity contribution in [2.75, 3.05) is 5.32 Å². The third kappa shape index (κ3) is 4.36. The van der Waals surface area contributed by atoms with Gasteiger partial charge in [0.1, 0.15) is 5.82 Å². The van der Waals surface area contributed by atoms with Gasteiger partial charge in [-0.2, -0.15) is 0 Å². The van der Waals surface area contributed by atoms with E-state index in [0.717, 1.165) is 0 Å². The molecular weight excluding hydrogens is 296 g/mol. The molecule has 0 aliphatic carbocycles. The Morgan fingerprint density at radius 3 is 2.90 bits per heavy atom. The molecule has 1 aromatic heterocycles. The van der Waals surface area contributed by atoms with Gasteiger partial charge in [0.05, 0.1) is 4.92 Å². The predicted molar refractivity (Wildman–Crippen MR) is 77.8 cm³/mol. The van der Waals surface area contributed by atoms with Crippen LogP contribution >= 0.6 is 11.6 Å². The standard InChI is InChI=1S/C13H9ClN4O3/c14-13-15-7-6-11(17-13)16-12(19)5-4-9-2-1-3-10(8-9)18(20)21/h1-8H,(H,15,16,17,19)/b5-4+. The second kappa shape index (κ2) is 6.58. The van der Waals surface area contributed by atoms with Crippen LogP contribution < -0.4 is 5.32 Å². The Hall–Kier alpha value is -2.80. The number of benzene rings is 1. The van der Waals surface area contributed by atoms with Crippen LogP contribution in [0, 0.1) is 10.1 Å². The van der Waals surface area contributed by atoms with Crippen molar-refractivity contribution in [2.24, 2.45) is 0 Å². The van der Waals surface area contributed by atoms with Crippen molar-refractivity contribution in [1.29, 1.82) is 0 Å². The predicted octanol–water partition coefficient (Wildman–Crippen LogP) is 2.69. The lowest BCUT2D eigenvalue weighted by molar-refractivity contribution is -0.384. The number of hydrogen-bond acceptors (Lipinski definition) is 5. The minimum absolute atomic E-state index is 0.0236. The molecule has 0 bridgehead atoms. The van der Waals surface area contributed by atoms with Crippen molar-refractivity contribution in [2.45, 2.75) is 0 Å². The molecule has 0 saturated heterocycles. The number of nitro benzene ring substituents is 1. The number of hydrogen-bond donors (Lipinski definition) is 1. The number of carbonyl (C=O) groups excluding carboxylic acids is 1. The fourth-order valence-corrected chi connectivity index (χ4v) is 1.63. The molecule has 0 radical (unpaired) electrons. The van der Waals surface area contributed by atoms with Gasteiger partial charge in [-0.15, -0.1) is 0 Å². The summed E-state index contributed by atoms with van der Waals surface area (Å²) in [4.78, 5) is 29.3. The maximum atomic E-state index is 11.7. The van der Waals surface area contributed by atoms with Crippen LogP contribution in [-0.2, 0) is 4.79 Å². The first kappa shape index (κ1) is 14.6. The van der Waals surface area contributed by atoms with Gasteiger partial charge in [0.2, 0.25) is 11.2 Å². The minimum atomic E-state index is -0.500. The van der Waals surface area contributed by atoms with Crippen LogP contribution in [0.4, 0.5) is 11.5 Å². The molecule has 1 heterocycles. The molecule has 2 aromatic rings. The Morgan fingerprint density at radius 1 is 1.38 bits per heavy atom. The topological polar surface area (TPSA) is 98.0 Å². The van der Waals surface area contributed by atoms with Crippen molar-refractivity contribution in [3.63, 3.8) is 0 Å². The van der Waals surface area contributed by atoms with E-state index in [1.807, 2.05) is 0 Å². The van der Waals surface area contributed by atoms with E-state index in [2.05, 4.69) is 15.3 Å². The fourth-order valence-electron chi connectivity index (χ4n) is 1.49. The summed E-state index contributed by atoms with van der Waals surface area (Å²) in [5.74, 6) is -0.167. The van der Waals surface area contributed by atoms with Crippen molar-refractivity contribution >= 4 is 35.1 Å². The van der Waals surface area contributed by atoms with Gasteiger partial charge in [0.25, 0.3) is 5.69 Å². The molecule has 2 rings (SSSR count). The number of nitrogens with one attached hydrogen (secondary N) is 1. The monoisotopic (exact) mass is 304 g/mol. The summed E-state index contributed by atoms with van der Waals surface area (Å²) in [5.41, 5.74) is 0.500. The summed E-state index contributed by atoms with van der Waals surface area (Å²) < 4.78 is 0. The minimum Gasteiger partial charge on any atom is -0.307 e. The number of rotatable bonds is 4. The SMILES string of the molecule is O=C(/C=C/c1cccc([N+](=O)[O-])c1)Nc1ccnc(Cl)n1. The van der Waals surface area contributed by atoms with Crippen molar-refractivity contribution in [1.82, 2.24) is 9.97 Å². The molecule has 0 spiro atoms. The van der Waals surface area contributed by atoms with E-state index in [0.29, 0.717) is 5.56 Å². The molecule has 1 amide bonds. The zero-order valence-electron chi connectivity index (χ0n) is 10.6. The Bertz CT molecular complexity index is 718. The van der Waals surface area contributed by atoms with Crippen molar-refractivity contribution < 1.29 is 9.72 Å². The van der Waals surface area contributed by atoms with Gasteiger partial charge < -0.3 is 5.32 Å². The van der Waals surface area contributed by atoms with Crippen LogP contribution in [0.25, 0.3) is 6.08 Å². The van der Waals surface area contributed by atoms with Gasteiger partial charge in [0, 0.05) is 24.4 Å². The van der Waals surface area contributed by atoms with Gasteiger partial charge in [-0.25, -0.2) is 9.97 Å². The molecule has 1 N–H and O–H groups in total. The van der Waals surface area contributed by atoms with Crippen LogP contribution in [0.3, 0.4) is 0 Å². The number of non-ortho nitro benzene ring substituents is 1. The fraction of sp³-hybridized carbons (Fsp3) is 0. The summed E-state index contributed by atoms with van der Waals surface area (Å²) in [7, 11) is 0. The van der Waals surface area contributed by atoms with E-state index in [4.69, 9.17) is 11.6 Å². The smallest absolute Gasteiger partial charge is 0.270 e. The molecule has 0 fully saturated rings. The molecule has 21 heavy (non-hydrogen) atoms. The second-order valence-electron chi connectivity index (χ2n) is 3.89. The normalized spacial score (nSPS) is 10.5. The summed E-state index contributed by atoms with van der Waals surface area (Å²) >= 11 is 5.59. The van der Waals surface area contributed by atoms with Gasteiger partial charge in [-0.3, -0.25) is 14.9 Å². The highest BCUT2D eigenvalue weighted by Crippen LogP contribution is 2.14. The van der Waals surface area contributed by atoms with Crippen LogP contribution in [0.5, 0.6) is 0 Å². The van der Waals surface area contributed by atoms with Gasteiger partial charge in [0.15, 0.2) is 0 Å². The Balaban J connectivity index is 2.05. The molecule has 8 heteroatoms. The molecule has 0 atom stereocenters. The molecule has 0 aliphatic heterocycles. The Kier molecular flexibility index (Phi) is 4.57. The van der Waals surface area contributed by atoms with E-state index in [-0.39, 0.29) is 16.8 Å². The number of nitrogens with zero attached hydrogens (tertiary/aromatic N) is 3. The molecule has 0 unspecified atom stereocenters. The third-order valence-electron chi connectivity index (χ3n) is 2.39. The largest absolute Gasteiger partial charge is 0.307 e. The van der Waals surface area contributed by atoms with Crippen LogP contribution in [0.1, 0.15) is 5.56 Å². The van der Waals surface area contributed by atoms with Crippen molar-refractivity contribution in [3.8, 4) is 0 Å². The molecule has 1 aromatic carbocycles. The number of aromatic nitrogens is 2. The first-order valence-corrected chi connectivity index (χ1v) is 6.14. The lowest BCUT2D eigenvalue weighted by Gasteiger charge is -2.00. The van der Waals surface area contributed by atoms with E-state index in [9.17, 15) is 14.9 Å². The zero-order chi connectivity index (χ0) is 15.2. The maximum Gasteiger partial charge on any atom is 0.270 e. The number of amides is 1. The molecule has 106 valence electrons. The average molecular weight is 305 g/mol. The summed E-state index contributed by atoms with van der Waals surface area (Å²) in [6.07, 6.45) is 4.12. The Morgan fingerprint density at radius 2 is 2.19 bits per heavy atom. The summed E-state index contributed by atoms with van der Waals surface area (Å²) in [6.45, 7) is 0. The van der Waals surface area contributed by atoms with Gasteiger partial charge >= 0.3 is 0 Å². The molecule has 7 nitrogen and oxygen atoms in total. The second-order valence-corrected chi connectivity index (χ2v) is 4.22. The van der Waals surface area contributed by atoms with E-state index in [1.165, 1.54) is 36.5 Å². The van der Waals surface area contributed by atoms with Crippen molar-refractivity contribution in [3.05, 3.63) is 63.6 Å². The first-order chi connectivity index (χ1) is 10.0. The average Bonchev–Trinajstić information content (AvgIpc) is 2.45. The highest BCUT2D eigenvalue weighted by Gasteiger charge is 2.04. The highest BCUT2D eigenvalue weighted by molar-refractivity contribution is 6.28. The van der Waals surface area contributed by atoms with Gasteiger partial charge in [-0.05, 0) is 29.3 Å². The number of carbonyl (C=O) groups is 1. The molecule has 0 aliphatic rings. The Labute approximate surface area is 124 Å². The summed E-state index contributed by atoms with van der Waals surface area (Å²) in [6, 6.07) is 7.43. The van der Waals surface area contributed by atoms with E-state index >= 15 is 0 Å². The third-order valence-corrected chi connectivity index (χ3v) is 2.57. The van der Waals surface area contributed by atoms with E-state index in [1.54, 1.807) is 12.1 Å². The lowest BCUT2D eigenvalue weighted by Crippen LogP contribution is -2.09. The quantitative estimate of drug-likeness (QED) is 0.405. The van der Waals surface area contributed by atoms with Gasteiger partial charge in [-0.1, -0.05) is 12.1 Å². The first-order valence-electron chi connectivity index (χ1n) is 5.76. The number of halogens is 1. The summed E-state index contributed by atoms with van der Waals surface area (Å²) in [5, 5.41) is 13.2. The molecular formula is C13H9ClN4O3. The zero-order valence-corrected chi connectivity index (χ0v) is 11.3. The molecule has 0 saturated carbocycles. The number of nitro groups is 1. The number of anilines is 1. The van der Waals surface area contributed by atoms with Crippen LogP contribution in [0.15, 0.2) is 42.6 Å². The van der Waals surface area contributed by atoms with Crippen LogP contribution in [0.2, 0.25) is 5.28 Å².